The molecule has 0 N–H and O–H groups in total. The second kappa shape index (κ2) is 4.31. The molecular weight excluding hydrogens is 268 g/mol. The first-order valence-electron chi connectivity index (χ1n) is 8.71. The molecule has 118 valence electrons. The van der Waals surface area contributed by atoms with Crippen LogP contribution in [0.3, 0.4) is 0 Å². The van der Waals surface area contributed by atoms with E-state index in [1.807, 2.05) is 0 Å². The Morgan fingerprint density at radius 3 is 2.50 bits per heavy atom. The van der Waals surface area contributed by atoms with E-state index in [1.165, 1.54) is 36.0 Å². The highest BCUT2D eigenvalue weighted by Crippen LogP contribution is 2.58. The molecule has 4 atom stereocenters. The molecule has 1 aromatic carbocycles. The first-order valence-corrected chi connectivity index (χ1v) is 8.71. The van der Waals surface area contributed by atoms with Crippen LogP contribution in [0.4, 0.5) is 5.82 Å². The maximum Gasteiger partial charge on any atom is 0.110 e. The average Bonchev–Trinajstić information content (AvgIpc) is 2.80. The van der Waals surface area contributed by atoms with E-state index in [1.54, 1.807) is 0 Å². The predicted molar refractivity (Wildman–Crippen MR) is 94.4 cm³/mol. The zero-order valence-electron chi connectivity index (χ0n) is 14.6. The molecule has 5 rings (SSSR count). The molecule has 2 aliphatic heterocycles. The summed E-state index contributed by atoms with van der Waals surface area (Å²) < 4.78 is 2.39. The summed E-state index contributed by atoms with van der Waals surface area (Å²) in [4.78, 5) is 2.75. The second-order valence-electron chi connectivity index (χ2n) is 8.27. The number of hydrogen-bond acceptors (Lipinski definition) is 1. The van der Waals surface area contributed by atoms with E-state index < -0.39 is 0 Å². The van der Waals surface area contributed by atoms with Crippen LogP contribution in [-0.4, -0.2) is 16.1 Å². The van der Waals surface area contributed by atoms with E-state index in [4.69, 9.17) is 0 Å². The maximum absolute atomic E-state index is 2.75. The minimum atomic E-state index is 0.304. The second-order valence-corrected chi connectivity index (χ2v) is 8.27. The third-order valence-electron chi connectivity index (χ3n) is 7.17. The van der Waals surface area contributed by atoms with Crippen LogP contribution in [-0.2, 0) is 7.05 Å². The number of piperidine rings is 2. The first kappa shape index (κ1) is 14.2. The van der Waals surface area contributed by atoms with Crippen molar-refractivity contribution in [1.82, 2.24) is 4.57 Å². The van der Waals surface area contributed by atoms with Crippen molar-refractivity contribution >= 4 is 16.7 Å². The minimum absolute atomic E-state index is 0.304. The number of aryl methyl sites for hydroxylation is 1. The SMILES string of the molecule is C[C@@H]1CC2(C)CCC1(C)[C@H](C)N2c1cc2ccccc2n1C. The van der Waals surface area contributed by atoms with Crippen molar-refractivity contribution < 1.29 is 0 Å². The normalized spacial score (nSPS) is 38.0. The van der Waals surface area contributed by atoms with Crippen molar-refractivity contribution in [3.05, 3.63) is 30.3 Å². The van der Waals surface area contributed by atoms with E-state index in [9.17, 15) is 0 Å². The van der Waals surface area contributed by atoms with Gasteiger partial charge in [-0.15, -0.1) is 0 Å². The summed E-state index contributed by atoms with van der Waals surface area (Å²) in [5.74, 6) is 2.21. The number of nitrogens with zero attached hydrogens (tertiary/aromatic N) is 2. The average molecular weight is 296 g/mol. The molecule has 1 aromatic heterocycles. The first-order chi connectivity index (χ1) is 10.4. The van der Waals surface area contributed by atoms with Crippen LogP contribution < -0.4 is 4.90 Å². The number of para-hydroxylation sites is 1. The predicted octanol–water partition coefficient (Wildman–Crippen LogP) is 4.97. The van der Waals surface area contributed by atoms with Crippen molar-refractivity contribution in [3.8, 4) is 0 Å². The van der Waals surface area contributed by atoms with Gasteiger partial charge in [-0.25, -0.2) is 0 Å². The van der Waals surface area contributed by atoms with Crippen molar-refractivity contribution in [2.24, 2.45) is 18.4 Å². The molecule has 2 saturated heterocycles. The Labute approximate surface area is 134 Å². The van der Waals surface area contributed by atoms with E-state index in [2.05, 4.69) is 74.5 Å². The molecule has 3 heterocycles. The fourth-order valence-corrected chi connectivity index (χ4v) is 5.36. The summed E-state index contributed by atoms with van der Waals surface area (Å²) in [6.45, 7) is 9.91. The Balaban J connectivity index is 1.89. The fourth-order valence-electron chi connectivity index (χ4n) is 5.36. The molecule has 2 nitrogen and oxygen atoms in total. The molecule has 1 aliphatic carbocycles. The van der Waals surface area contributed by atoms with Gasteiger partial charge in [0.1, 0.15) is 5.82 Å². The van der Waals surface area contributed by atoms with Crippen LogP contribution >= 0.6 is 0 Å². The lowest BCUT2D eigenvalue weighted by atomic mass is 9.54. The van der Waals surface area contributed by atoms with Crippen LogP contribution in [0.5, 0.6) is 0 Å². The van der Waals surface area contributed by atoms with E-state index in [0.29, 0.717) is 17.0 Å². The molecule has 2 heteroatoms. The fraction of sp³-hybridized carbons (Fsp3) is 0.600. The van der Waals surface area contributed by atoms with E-state index >= 15 is 0 Å². The highest BCUT2D eigenvalue weighted by atomic mass is 15.3. The molecule has 3 fully saturated rings. The molecule has 2 bridgehead atoms. The Bertz CT molecular complexity index is 730. The molecular formula is C20H28N2. The number of hydrogen-bond donors (Lipinski definition) is 0. The van der Waals surface area contributed by atoms with Crippen molar-refractivity contribution in [3.63, 3.8) is 0 Å². The lowest BCUT2D eigenvalue weighted by Crippen LogP contribution is -2.68. The van der Waals surface area contributed by atoms with Crippen molar-refractivity contribution in [1.29, 1.82) is 0 Å². The van der Waals surface area contributed by atoms with Gasteiger partial charge in [0.15, 0.2) is 0 Å². The van der Waals surface area contributed by atoms with Gasteiger partial charge < -0.3 is 9.47 Å². The lowest BCUT2D eigenvalue weighted by molar-refractivity contribution is -0.00595. The Morgan fingerprint density at radius 1 is 1.09 bits per heavy atom. The molecule has 0 amide bonds. The molecule has 1 saturated carbocycles. The lowest BCUT2D eigenvalue weighted by Gasteiger charge is -2.65. The molecule has 22 heavy (non-hydrogen) atoms. The summed E-state index contributed by atoms with van der Waals surface area (Å²) in [6.07, 6.45) is 4.00. The molecule has 2 unspecified atom stereocenters. The monoisotopic (exact) mass is 296 g/mol. The number of fused-ring (bicyclic) bond motifs is 4. The largest absolute Gasteiger partial charge is 0.349 e. The number of rotatable bonds is 1. The highest BCUT2D eigenvalue weighted by Gasteiger charge is 2.57. The van der Waals surface area contributed by atoms with Gasteiger partial charge in [-0.3, -0.25) is 0 Å². The zero-order chi connectivity index (χ0) is 15.7. The summed E-state index contributed by atoms with van der Waals surface area (Å²) >= 11 is 0. The number of benzene rings is 1. The quantitative estimate of drug-likeness (QED) is 0.721. The topological polar surface area (TPSA) is 8.17 Å². The van der Waals surface area contributed by atoms with E-state index in [-0.39, 0.29) is 0 Å². The Hall–Kier alpha value is -1.44. The maximum atomic E-state index is 2.75. The zero-order valence-corrected chi connectivity index (χ0v) is 14.6. The minimum Gasteiger partial charge on any atom is -0.349 e. The summed E-state index contributed by atoms with van der Waals surface area (Å²) in [6, 6.07) is 11.7. The van der Waals surface area contributed by atoms with Gasteiger partial charge in [0.05, 0.1) is 0 Å². The smallest absolute Gasteiger partial charge is 0.110 e. The van der Waals surface area contributed by atoms with Gasteiger partial charge in [0.25, 0.3) is 0 Å². The summed E-state index contributed by atoms with van der Waals surface area (Å²) in [7, 11) is 2.22. The molecule has 0 spiro atoms. The standard InChI is InChI=1S/C20H28N2/c1-14-13-19(3)10-11-20(14,4)15(2)22(19)18-12-16-8-6-7-9-17(16)21(18)5/h6-9,12,14-15H,10-11,13H2,1-5H3/t14-,15+,19?,20?/m1/s1. The van der Waals surface area contributed by atoms with Gasteiger partial charge in [-0.1, -0.05) is 32.0 Å². The van der Waals surface area contributed by atoms with Crippen LogP contribution in [0.1, 0.15) is 47.0 Å². The Kier molecular flexibility index (Phi) is 2.77. The van der Waals surface area contributed by atoms with Gasteiger partial charge in [0.2, 0.25) is 0 Å². The van der Waals surface area contributed by atoms with Crippen LogP contribution in [0.2, 0.25) is 0 Å². The third kappa shape index (κ3) is 1.61. The van der Waals surface area contributed by atoms with Crippen LogP contribution in [0.25, 0.3) is 10.9 Å². The number of anilines is 1. The van der Waals surface area contributed by atoms with Gasteiger partial charge in [-0.2, -0.15) is 0 Å². The number of aromatic nitrogens is 1. The van der Waals surface area contributed by atoms with Gasteiger partial charge in [-0.05, 0) is 56.6 Å². The van der Waals surface area contributed by atoms with Crippen molar-refractivity contribution in [2.75, 3.05) is 4.90 Å². The molecule has 3 aliphatic rings. The molecule has 0 radical (unpaired) electrons. The van der Waals surface area contributed by atoms with Crippen LogP contribution in [0, 0.1) is 11.3 Å². The Morgan fingerprint density at radius 2 is 1.82 bits per heavy atom. The summed E-state index contributed by atoms with van der Waals surface area (Å²) in [5.41, 5.74) is 2.08. The van der Waals surface area contributed by atoms with E-state index in [0.717, 1.165) is 5.92 Å². The van der Waals surface area contributed by atoms with Crippen molar-refractivity contribution in [2.45, 2.75) is 58.5 Å². The summed E-state index contributed by atoms with van der Waals surface area (Å²) in [5, 5.41) is 1.36. The van der Waals surface area contributed by atoms with Gasteiger partial charge in [0, 0.05) is 29.5 Å². The van der Waals surface area contributed by atoms with Gasteiger partial charge >= 0.3 is 0 Å². The molecule has 2 aromatic rings. The van der Waals surface area contributed by atoms with Crippen LogP contribution in [0.15, 0.2) is 30.3 Å². The highest BCUT2D eigenvalue weighted by molar-refractivity contribution is 5.85. The third-order valence-corrected chi connectivity index (χ3v) is 7.17.